The summed E-state index contributed by atoms with van der Waals surface area (Å²) in [5.41, 5.74) is 2.61. The third kappa shape index (κ3) is 1.84. The van der Waals surface area contributed by atoms with Crippen molar-refractivity contribution in [2.75, 3.05) is 0 Å². The molecule has 1 aliphatic carbocycles. The molecule has 2 fully saturated rings. The van der Waals surface area contributed by atoms with E-state index in [0.29, 0.717) is 5.92 Å². The first-order chi connectivity index (χ1) is 8.41. The maximum atomic E-state index is 6.12. The zero-order valence-electron chi connectivity index (χ0n) is 11.5. The molecule has 1 aliphatic heterocycles. The van der Waals surface area contributed by atoms with Crippen LogP contribution in [0.5, 0.6) is 0 Å². The van der Waals surface area contributed by atoms with E-state index in [2.05, 4.69) is 32.7 Å². The fourth-order valence-corrected chi connectivity index (χ4v) is 3.21. The molecule has 0 unspecified atom stereocenters. The second-order valence-electron chi connectivity index (χ2n) is 6.32. The third-order valence-corrected chi connectivity index (χ3v) is 5.45. The van der Waals surface area contributed by atoms with Gasteiger partial charge in [0, 0.05) is 5.92 Å². The van der Waals surface area contributed by atoms with E-state index >= 15 is 0 Å². The van der Waals surface area contributed by atoms with Crippen LogP contribution in [0.25, 0.3) is 0 Å². The van der Waals surface area contributed by atoms with Crippen molar-refractivity contribution in [2.45, 2.75) is 64.1 Å². The van der Waals surface area contributed by atoms with Gasteiger partial charge in [-0.25, -0.2) is 4.98 Å². The normalized spacial score (nSPS) is 26.3. The number of rotatable bonds is 2. The molecule has 3 nitrogen and oxygen atoms in total. The SMILES string of the molecule is CC1(C)OB(c2scnc2C2CCC2)OC1(C)C. The van der Waals surface area contributed by atoms with Crippen LogP contribution in [0.1, 0.15) is 58.6 Å². The Kier molecular flexibility index (Phi) is 2.85. The van der Waals surface area contributed by atoms with Crippen molar-refractivity contribution in [1.82, 2.24) is 4.98 Å². The summed E-state index contributed by atoms with van der Waals surface area (Å²) >= 11 is 1.66. The Balaban J connectivity index is 1.86. The predicted molar refractivity (Wildman–Crippen MR) is 74.4 cm³/mol. The molecule has 0 spiro atoms. The Labute approximate surface area is 113 Å². The molecule has 1 aromatic rings. The molecule has 0 bridgehead atoms. The topological polar surface area (TPSA) is 31.4 Å². The zero-order chi connectivity index (χ0) is 13.0. The van der Waals surface area contributed by atoms with E-state index in [9.17, 15) is 0 Å². The lowest BCUT2D eigenvalue weighted by Crippen LogP contribution is -2.41. The predicted octanol–water partition coefficient (Wildman–Crippen LogP) is 2.71. The van der Waals surface area contributed by atoms with Crippen LogP contribution >= 0.6 is 11.3 Å². The quantitative estimate of drug-likeness (QED) is 0.770. The monoisotopic (exact) mass is 265 g/mol. The van der Waals surface area contributed by atoms with Gasteiger partial charge in [-0.3, -0.25) is 0 Å². The van der Waals surface area contributed by atoms with Crippen molar-refractivity contribution in [3.05, 3.63) is 11.2 Å². The van der Waals surface area contributed by atoms with Gasteiger partial charge in [0.1, 0.15) is 0 Å². The zero-order valence-corrected chi connectivity index (χ0v) is 12.3. The molecule has 98 valence electrons. The fraction of sp³-hybridized carbons (Fsp3) is 0.769. The lowest BCUT2D eigenvalue weighted by molar-refractivity contribution is 0.00578. The maximum Gasteiger partial charge on any atom is 0.507 e. The highest BCUT2D eigenvalue weighted by Gasteiger charge is 2.53. The molecule has 1 saturated carbocycles. The molecule has 1 saturated heterocycles. The number of nitrogens with zero attached hydrogens (tertiary/aromatic N) is 1. The molecule has 0 radical (unpaired) electrons. The van der Waals surface area contributed by atoms with Gasteiger partial charge in [-0.1, -0.05) is 6.42 Å². The highest BCUT2D eigenvalue weighted by molar-refractivity contribution is 7.20. The summed E-state index contributed by atoms with van der Waals surface area (Å²) in [4.78, 5) is 4.54. The molecule has 5 heteroatoms. The van der Waals surface area contributed by atoms with Gasteiger partial charge in [0.2, 0.25) is 0 Å². The van der Waals surface area contributed by atoms with Crippen molar-refractivity contribution < 1.29 is 9.31 Å². The van der Waals surface area contributed by atoms with Crippen molar-refractivity contribution in [1.29, 1.82) is 0 Å². The summed E-state index contributed by atoms with van der Waals surface area (Å²) in [5, 5.41) is 0. The van der Waals surface area contributed by atoms with Gasteiger partial charge < -0.3 is 9.31 Å². The van der Waals surface area contributed by atoms with Crippen LogP contribution in [0.15, 0.2) is 5.51 Å². The van der Waals surface area contributed by atoms with Crippen molar-refractivity contribution in [2.24, 2.45) is 0 Å². The standard InChI is InChI=1S/C13H20BNO2S/c1-12(2)13(3,4)17-14(16-12)11-10(15-8-18-11)9-6-5-7-9/h8-9H,5-7H2,1-4H3. The Bertz CT molecular complexity index is 438. The van der Waals surface area contributed by atoms with E-state index in [4.69, 9.17) is 9.31 Å². The number of thiazole rings is 1. The van der Waals surface area contributed by atoms with Gasteiger partial charge in [-0.15, -0.1) is 11.3 Å². The van der Waals surface area contributed by atoms with Crippen molar-refractivity contribution in [3.63, 3.8) is 0 Å². The van der Waals surface area contributed by atoms with Crippen molar-refractivity contribution in [3.8, 4) is 0 Å². The van der Waals surface area contributed by atoms with Gasteiger partial charge in [-0.2, -0.15) is 0 Å². The van der Waals surface area contributed by atoms with Crippen LogP contribution in [-0.2, 0) is 9.31 Å². The summed E-state index contributed by atoms with van der Waals surface area (Å²) in [7, 11) is -0.238. The van der Waals surface area contributed by atoms with E-state index in [-0.39, 0.29) is 18.3 Å². The first-order valence-electron chi connectivity index (χ1n) is 6.70. The molecule has 18 heavy (non-hydrogen) atoms. The fourth-order valence-electron chi connectivity index (χ4n) is 2.38. The van der Waals surface area contributed by atoms with Crippen LogP contribution in [0, 0.1) is 0 Å². The van der Waals surface area contributed by atoms with Crippen LogP contribution in [0.2, 0.25) is 0 Å². The summed E-state index contributed by atoms with van der Waals surface area (Å²) in [5.74, 6) is 0.630. The number of hydrogen-bond donors (Lipinski definition) is 0. The van der Waals surface area contributed by atoms with Crippen LogP contribution in [0.4, 0.5) is 0 Å². The minimum absolute atomic E-state index is 0.238. The highest BCUT2D eigenvalue weighted by Crippen LogP contribution is 2.39. The second kappa shape index (κ2) is 4.05. The van der Waals surface area contributed by atoms with Crippen LogP contribution < -0.4 is 4.78 Å². The summed E-state index contributed by atoms with van der Waals surface area (Å²) in [6.07, 6.45) is 3.84. The molecular weight excluding hydrogens is 245 g/mol. The molecule has 1 aromatic heterocycles. The molecule has 3 rings (SSSR count). The number of aromatic nitrogens is 1. The summed E-state index contributed by atoms with van der Waals surface area (Å²) < 4.78 is 13.4. The maximum absolute atomic E-state index is 6.12. The van der Waals surface area contributed by atoms with Crippen LogP contribution in [-0.4, -0.2) is 23.3 Å². The Hall–Kier alpha value is -0.385. The first kappa shape index (κ1) is 12.6. The Morgan fingerprint density at radius 1 is 1.22 bits per heavy atom. The van der Waals surface area contributed by atoms with Crippen molar-refractivity contribution >= 4 is 23.2 Å². The van der Waals surface area contributed by atoms with Gasteiger partial charge in [0.15, 0.2) is 0 Å². The smallest absolute Gasteiger partial charge is 0.399 e. The third-order valence-electron chi connectivity index (χ3n) is 4.58. The molecule has 0 amide bonds. The van der Waals surface area contributed by atoms with E-state index in [0.717, 1.165) is 0 Å². The Morgan fingerprint density at radius 2 is 1.83 bits per heavy atom. The number of hydrogen-bond acceptors (Lipinski definition) is 4. The van der Waals surface area contributed by atoms with Gasteiger partial charge in [0.25, 0.3) is 0 Å². The van der Waals surface area contributed by atoms with E-state index in [1.807, 2.05) is 5.51 Å². The van der Waals surface area contributed by atoms with E-state index in [1.165, 1.54) is 29.7 Å². The van der Waals surface area contributed by atoms with Gasteiger partial charge in [-0.05, 0) is 40.5 Å². The largest absolute Gasteiger partial charge is 0.507 e. The molecule has 2 heterocycles. The lowest BCUT2D eigenvalue weighted by atomic mass is 9.76. The van der Waals surface area contributed by atoms with E-state index in [1.54, 1.807) is 11.3 Å². The first-order valence-corrected chi connectivity index (χ1v) is 7.57. The molecule has 2 aliphatic rings. The van der Waals surface area contributed by atoms with E-state index < -0.39 is 0 Å². The average molecular weight is 265 g/mol. The molecular formula is C13H20BNO2S. The average Bonchev–Trinajstić information content (AvgIpc) is 2.68. The molecule has 0 N–H and O–H groups in total. The minimum Gasteiger partial charge on any atom is -0.399 e. The molecule has 0 atom stereocenters. The van der Waals surface area contributed by atoms with Gasteiger partial charge in [0.05, 0.1) is 27.2 Å². The van der Waals surface area contributed by atoms with Crippen LogP contribution in [0.3, 0.4) is 0 Å². The second-order valence-corrected chi connectivity index (χ2v) is 7.20. The summed E-state index contributed by atoms with van der Waals surface area (Å²) in [6.45, 7) is 8.38. The highest BCUT2D eigenvalue weighted by atomic mass is 32.1. The van der Waals surface area contributed by atoms with Gasteiger partial charge >= 0.3 is 7.12 Å². The Morgan fingerprint density at radius 3 is 2.33 bits per heavy atom. The summed E-state index contributed by atoms with van der Waals surface area (Å²) in [6, 6.07) is 0. The lowest BCUT2D eigenvalue weighted by Gasteiger charge is -2.32. The molecule has 0 aromatic carbocycles. The minimum atomic E-state index is -0.265.